The lowest BCUT2D eigenvalue weighted by atomic mass is 10.3. The third-order valence-electron chi connectivity index (χ3n) is 3.31. The van der Waals surface area contributed by atoms with Crippen LogP contribution in [0.3, 0.4) is 0 Å². The first-order chi connectivity index (χ1) is 9.96. The summed E-state index contributed by atoms with van der Waals surface area (Å²) in [6.07, 6.45) is 3.16. The topological polar surface area (TPSA) is 57.7 Å². The molecule has 1 aliphatic rings. The zero-order chi connectivity index (χ0) is 15.5. The number of amides is 1. The Morgan fingerprint density at radius 3 is 2.38 bits per heavy atom. The van der Waals surface area contributed by atoms with Gasteiger partial charge in [0.2, 0.25) is 15.9 Å². The van der Waals surface area contributed by atoms with E-state index in [1.807, 2.05) is 0 Å². The highest BCUT2D eigenvalue weighted by Gasteiger charge is 2.30. The minimum atomic E-state index is -3.61. The number of carbonyl (C=O) groups is 1. The standard InChI is InChI=1S/C14H17ClN2O3S/c1-2-5-14(18)16-8-10-17(11-9-16)21(19,20)13-7-4-3-6-12(13)15/h2-7H,8-11H2,1H3/b5-2+. The van der Waals surface area contributed by atoms with Crippen molar-refractivity contribution >= 4 is 27.5 Å². The van der Waals surface area contributed by atoms with Crippen molar-refractivity contribution in [1.29, 1.82) is 0 Å². The normalized spacial score (nSPS) is 17.3. The second-order valence-electron chi connectivity index (χ2n) is 4.66. The molecule has 1 aliphatic heterocycles. The number of sulfonamides is 1. The average molecular weight is 329 g/mol. The molecule has 1 aromatic carbocycles. The molecule has 5 nitrogen and oxygen atoms in total. The molecule has 21 heavy (non-hydrogen) atoms. The van der Waals surface area contributed by atoms with Crippen molar-refractivity contribution in [3.63, 3.8) is 0 Å². The Morgan fingerprint density at radius 2 is 1.81 bits per heavy atom. The molecule has 0 bridgehead atoms. The second kappa shape index (κ2) is 6.60. The Hall–Kier alpha value is -1.37. The van der Waals surface area contributed by atoms with Crippen LogP contribution in [0.15, 0.2) is 41.3 Å². The number of halogens is 1. The third-order valence-corrected chi connectivity index (χ3v) is 5.71. The fourth-order valence-electron chi connectivity index (χ4n) is 2.19. The van der Waals surface area contributed by atoms with E-state index in [9.17, 15) is 13.2 Å². The van der Waals surface area contributed by atoms with Gasteiger partial charge in [0, 0.05) is 26.2 Å². The summed E-state index contributed by atoms with van der Waals surface area (Å²) in [6, 6.07) is 6.38. The minimum absolute atomic E-state index is 0.0905. The minimum Gasteiger partial charge on any atom is -0.337 e. The first-order valence-corrected chi connectivity index (χ1v) is 8.45. The van der Waals surface area contributed by atoms with Crippen molar-refractivity contribution in [1.82, 2.24) is 9.21 Å². The molecule has 0 N–H and O–H groups in total. The Morgan fingerprint density at radius 1 is 1.19 bits per heavy atom. The van der Waals surface area contributed by atoms with Crippen molar-refractivity contribution in [3.8, 4) is 0 Å². The molecule has 0 saturated carbocycles. The van der Waals surface area contributed by atoms with Crippen LogP contribution >= 0.6 is 11.6 Å². The van der Waals surface area contributed by atoms with Crippen molar-refractivity contribution in [3.05, 3.63) is 41.4 Å². The fourth-order valence-corrected chi connectivity index (χ4v) is 4.11. The van der Waals surface area contributed by atoms with Gasteiger partial charge in [0.25, 0.3) is 0 Å². The SMILES string of the molecule is C/C=C/C(=O)N1CCN(S(=O)(=O)c2ccccc2Cl)CC1. The average Bonchev–Trinajstić information content (AvgIpc) is 2.48. The maximum atomic E-state index is 12.5. The highest BCUT2D eigenvalue weighted by Crippen LogP contribution is 2.24. The van der Waals surface area contributed by atoms with E-state index >= 15 is 0 Å². The lowest BCUT2D eigenvalue weighted by molar-refractivity contribution is -0.127. The molecular weight excluding hydrogens is 312 g/mol. The summed E-state index contributed by atoms with van der Waals surface area (Å²) in [5.74, 6) is -0.0905. The number of piperazine rings is 1. The van der Waals surface area contributed by atoms with Crippen LogP contribution in [0.2, 0.25) is 5.02 Å². The van der Waals surface area contributed by atoms with Crippen molar-refractivity contribution in [2.24, 2.45) is 0 Å². The predicted octanol–water partition coefficient (Wildman–Crippen LogP) is 1.75. The molecule has 1 saturated heterocycles. The molecule has 1 aromatic rings. The lowest BCUT2D eigenvalue weighted by Gasteiger charge is -2.33. The molecule has 114 valence electrons. The Labute approximate surface area is 129 Å². The molecule has 0 aliphatic carbocycles. The van der Waals surface area contributed by atoms with Gasteiger partial charge in [0.1, 0.15) is 4.90 Å². The largest absolute Gasteiger partial charge is 0.337 e. The Balaban J connectivity index is 2.12. The van der Waals surface area contributed by atoms with E-state index in [2.05, 4.69) is 0 Å². The molecule has 1 fully saturated rings. The summed E-state index contributed by atoms with van der Waals surface area (Å²) in [7, 11) is -3.61. The number of rotatable bonds is 3. The molecule has 0 aromatic heterocycles. The fraction of sp³-hybridized carbons (Fsp3) is 0.357. The van der Waals surface area contributed by atoms with E-state index in [-0.39, 0.29) is 28.9 Å². The summed E-state index contributed by atoms with van der Waals surface area (Å²) < 4.78 is 26.4. The van der Waals surface area contributed by atoms with Crippen LogP contribution in [0.1, 0.15) is 6.92 Å². The molecule has 0 unspecified atom stereocenters. The summed E-state index contributed by atoms with van der Waals surface area (Å²) in [5, 5.41) is 0.213. The van der Waals surface area contributed by atoms with Gasteiger partial charge in [-0.05, 0) is 25.1 Å². The molecule has 0 atom stereocenters. The summed E-state index contributed by atoms with van der Waals surface area (Å²) in [6.45, 7) is 3.09. The molecule has 1 amide bonds. The number of nitrogens with zero attached hydrogens (tertiary/aromatic N) is 2. The van der Waals surface area contributed by atoms with Crippen LogP contribution in [0, 0.1) is 0 Å². The number of hydrogen-bond acceptors (Lipinski definition) is 3. The molecular formula is C14H17ClN2O3S. The highest BCUT2D eigenvalue weighted by molar-refractivity contribution is 7.89. The quantitative estimate of drug-likeness (QED) is 0.794. The first-order valence-electron chi connectivity index (χ1n) is 6.63. The summed E-state index contributed by atoms with van der Waals surface area (Å²) >= 11 is 5.97. The number of allylic oxidation sites excluding steroid dienone is 1. The summed E-state index contributed by atoms with van der Waals surface area (Å²) in [5.41, 5.74) is 0. The predicted molar refractivity (Wildman–Crippen MR) is 81.6 cm³/mol. The summed E-state index contributed by atoms with van der Waals surface area (Å²) in [4.78, 5) is 13.5. The number of hydrogen-bond donors (Lipinski definition) is 0. The maximum absolute atomic E-state index is 12.5. The smallest absolute Gasteiger partial charge is 0.246 e. The van der Waals surface area contributed by atoms with Crippen LogP contribution in [-0.4, -0.2) is 49.7 Å². The second-order valence-corrected chi connectivity index (χ2v) is 6.97. The van der Waals surface area contributed by atoms with Gasteiger partial charge >= 0.3 is 0 Å². The van der Waals surface area contributed by atoms with Crippen LogP contribution in [0.25, 0.3) is 0 Å². The van der Waals surface area contributed by atoms with E-state index < -0.39 is 10.0 Å². The maximum Gasteiger partial charge on any atom is 0.246 e. The van der Waals surface area contributed by atoms with Gasteiger partial charge in [-0.25, -0.2) is 8.42 Å². The Bertz CT molecular complexity index is 650. The monoisotopic (exact) mass is 328 g/mol. The van der Waals surface area contributed by atoms with E-state index in [1.165, 1.54) is 16.4 Å². The molecule has 7 heteroatoms. The molecule has 1 heterocycles. The van der Waals surface area contributed by atoms with Gasteiger partial charge in [-0.3, -0.25) is 4.79 Å². The first kappa shape index (κ1) is 16.0. The zero-order valence-electron chi connectivity index (χ0n) is 11.7. The molecule has 0 radical (unpaired) electrons. The van der Waals surface area contributed by atoms with Gasteiger partial charge in [-0.15, -0.1) is 0 Å². The lowest BCUT2D eigenvalue weighted by Crippen LogP contribution is -2.50. The third kappa shape index (κ3) is 3.45. The van der Waals surface area contributed by atoms with Gasteiger partial charge < -0.3 is 4.90 Å². The number of carbonyl (C=O) groups excluding carboxylic acids is 1. The Kier molecular flexibility index (Phi) is 5.03. The van der Waals surface area contributed by atoms with Gasteiger partial charge in [0.05, 0.1) is 5.02 Å². The highest BCUT2D eigenvalue weighted by atomic mass is 35.5. The number of benzene rings is 1. The van der Waals surface area contributed by atoms with Gasteiger partial charge in [-0.2, -0.15) is 4.31 Å². The van der Waals surface area contributed by atoms with Crippen molar-refractivity contribution in [2.45, 2.75) is 11.8 Å². The van der Waals surface area contributed by atoms with Gasteiger partial charge in [-0.1, -0.05) is 29.8 Å². The van der Waals surface area contributed by atoms with E-state index in [1.54, 1.807) is 36.1 Å². The van der Waals surface area contributed by atoms with E-state index in [0.29, 0.717) is 13.1 Å². The van der Waals surface area contributed by atoms with Crippen LogP contribution in [0.5, 0.6) is 0 Å². The van der Waals surface area contributed by atoms with Crippen LogP contribution < -0.4 is 0 Å². The van der Waals surface area contributed by atoms with Crippen LogP contribution in [0.4, 0.5) is 0 Å². The van der Waals surface area contributed by atoms with Crippen molar-refractivity contribution in [2.75, 3.05) is 26.2 Å². The molecule has 0 spiro atoms. The zero-order valence-corrected chi connectivity index (χ0v) is 13.3. The molecule has 2 rings (SSSR count). The van der Waals surface area contributed by atoms with Crippen LogP contribution in [-0.2, 0) is 14.8 Å². The van der Waals surface area contributed by atoms with E-state index in [0.717, 1.165) is 0 Å². The van der Waals surface area contributed by atoms with Crippen molar-refractivity contribution < 1.29 is 13.2 Å². The van der Waals surface area contributed by atoms with Gasteiger partial charge in [0.15, 0.2) is 0 Å². The van der Waals surface area contributed by atoms with E-state index in [4.69, 9.17) is 11.6 Å².